The van der Waals surface area contributed by atoms with Gasteiger partial charge >= 0.3 is 6.09 Å². The minimum Gasteiger partial charge on any atom is -0.508 e. The van der Waals surface area contributed by atoms with Gasteiger partial charge in [0.05, 0.1) is 6.61 Å². The summed E-state index contributed by atoms with van der Waals surface area (Å²) >= 11 is 0. The van der Waals surface area contributed by atoms with E-state index in [1.165, 1.54) is 43.0 Å². The number of unbranched alkanes of at least 4 members (excludes halogenated alkanes) is 1. The lowest BCUT2D eigenvalue weighted by Gasteiger charge is -2.31. The Kier molecular flexibility index (Phi) is 30.9. The Morgan fingerprint density at radius 2 is 0.871 bits per heavy atom. The van der Waals surface area contributed by atoms with Gasteiger partial charge in [-0.3, -0.25) is 52.7 Å². The Hall–Kier alpha value is -12.8. The Balaban J connectivity index is 0.890. The van der Waals surface area contributed by atoms with Gasteiger partial charge in [0.2, 0.25) is 65.0 Å². The summed E-state index contributed by atoms with van der Waals surface area (Å²) in [6.45, 7) is 5.59. The van der Waals surface area contributed by atoms with Crippen LogP contribution in [0.4, 0.5) is 4.79 Å². The van der Waals surface area contributed by atoms with Crippen molar-refractivity contribution in [2.75, 3.05) is 26.3 Å². The smallest absolute Gasteiger partial charge is 0.407 e. The number of carbonyl (C=O) groups is 12. The largest absolute Gasteiger partial charge is 0.508 e. The van der Waals surface area contributed by atoms with Crippen LogP contribution >= 0.6 is 0 Å². The summed E-state index contributed by atoms with van der Waals surface area (Å²) in [7, 11) is 0. The summed E-state index contributed by atoms with van der Waals surface area (Å²) < 4.78 is 5.80. The fourth-order valence-electron chi connectivity index (χ4n) is 14.6. The predicted molar refractivity (Wildman–Crippen MR) is 436 cm³/mol. The van der Waals surface area contributed by atoms with Gasteiger partial charge in [-0.05, 0) is 124 Å². The molecule has 1 saturated heterocycles. The highest BCUT2D eigenvalue weighted by molar-refractivity contribution is 6.00. The van der Waals surface area contributed by atoms with Crippen LogP contribution < -0.4 is 58.9 Å². The summed E-state index contributed by atoms with van der Waals surface area (Å²) in [6, 6.07) is 47.2. The first-order valence-electron chi connectivity index (χ1n) is 39.2. The van der Waals surface area contributed by atoms with E-state index in [-0.39, 0.29) is 101 Å². The Labute approximate surface area is 673 Å². The molecule has 27 heteroatoms. The number of nitrogens with two attached hydrogens (primary N) is 1. The normalized spacial score (nSPS) is 15.2. The second kappa shape index (κ2) is 41.8. The molecule has 0 saturated carbocycles. The van der Waals surface area contributed by atoms with E-state index in [4.69, 9.17) is 10.5 Å². The number of nitrogens with one attached hydrogen (secondary N) is 10. The van der Waals surface area contributed by atoms with Gasteiger partial charge in [-0.2, -0.15) is 0 Å². The zero-order chi connectivity index (χ0) is 82.8. The van der Waals surface area contributed by atoms with Crippen LogP contribution in [0.15, 0.2) is 206 Å². The maximum atomic E-state index is 15.3. The van der Waals surface area contributed by atoms with Crippen LogP contribution in [-0.4, -0.2) is 173 Å². The first-order chi connectivity index (χ1) is 55.9. The van der Waals surface area contributed by atoms with Crippen molar-refractivity contribution in [3.8, 4) is 16.9 Å². The number of fused-ring (bicyclic) bond motifs is 4. The maximum Gasteiger partial charge on any atom is 0.407 e. The molecule has 14 N–H and O–H groups in total. The van der Waals surface area contributed by atoms with Gasteiger partial charge in [0, 0.05) is 58.0 Å². The lowest BCUT2D eigenvalue weighted by atomic mass is 9.98. The van der Waals surface area contributed by atoms with Crippen LogP contribution in [-0.2, 0) is 89.6 Å². The van der Waals surface area contributed by atoms with Gasteiger partial charge in [0.25, 0.3) is 0 Å². The molecule has 1 aliphatic carbocycles. The fraction of sp³-hybridized carbons (Fsp3) is 0.348. The van der Waals surface area contributed by atoms with Gasteiger partial charge < -0.3 is 78.8 Å². The first-order valence-corrected chi connectivity index (χ1v) is 39.2. The zero-order valence-corrected chi connectivity index (χ0v) is 65.4. The molecule has 1 heterocycles. The number of nitrogens with zero attached hydrogens (tertiary/aromatic N) is 1. The molecule has 8 aromatic rings. The van der Waals surface area contributed by atoms with Crippen LogP contribution in [0, 0.1) is 5.92 Å². The molecule has 8 aromatic carbocycles. The number of ether oxygens (including phenoxy) is 1. The highest BCUT2D eigenvalue weighted by Gasteiger charge is 2.41. The molecule has 12 amide bonds. The van der Waals surface area contributed by atoms with Crippen molar-refractivity contribution < 1.29 is 72.5 Å². The number of alkyl carbamates (subject to hydrolysis) is 1. The van der Waals surface area contributed by atoms with Gasteiger partial charge in [-0.1, -0.05) is 208 Å². The third kappa shape index (κ3) is 24.4. The molecular formula is C89H102N12O15. The highest BCUT2D eigenvalue weighted by Crippen LogP contribution is 2.44. The number of phenolic OH excluding ortho intramolecular Hbond substituents is 1. The number of hydrogen-bond donors (Lipinski definition) is 13. The number of primary amides is 1. The third-order valence-corrected chi connectivity index (χ3v) is 20.6. The van der Waals surface area contributed by atoms with Crippen molar-refractivity contribution >= 4 is 81.8 Å². The van der Waals surface area contributed by atoms with E-state index < -0.39 is 138 Å². The summed E-state index contributed by atoms with van der Waals surface area (Å²) in [4.78, 5) is 173. The molecule has 0 radical (unpaired) electrons. The number of aliphatic hydroxyl groups excluding tert-OH is 1. The SMILES string of the molecule is CC(=O)N[C@@H](Cc1ccc2ccccc2c1)C(=O)N[C@@H](Cc1ccccc1)C(=O)N[C@@H](Cc1ccccc1)C(=O)N[C@@H](CO)C(=O)N[C@@H](Cc1ccc(O)cc1)C(=O)N[C@@H](CCCCNC(=O)OCC1c2ccccc2-c2ccccc21)C(=O)N[C@@H](Cc1ccccc1)C(=O)N[C@@H](CC(C)C)C(=O)N1CCC[C@@H]1C(=O)N[C@@H](C)C(N)=O. The number of amides is 12. The van der Waals surface area contributed by atoms with E-state index in [1.54, 1.807) is 91.0 Å². The van der Waals surface area contributed by atoms with E-state index in [1.807, 2.05) is 105 Å². The second-order valence-electron chi connectivity index (χ2n) is 29.9. The van der Waals surface area contributed by atoms with E-state index in [0.29, 0.717) is 28.7 Å². The molecule has 0 unspecified atom stereocenters. The van der Waals surface area contributed by atoms with Crippen molar-refractivity contribution in [2.24, 2.45) is 11.7 Å². The number of aliphatic hydroxyl groups is 1. The van der Waals surface area contributed by atoms with Crippen LogP contribution in [0.5, 0.6) is 5.75 Å². The molecule has 10 atom stereocenters. The molecule has 608 valence electrons. The lowest BCUT2D eigenvalue weighted by Crippen LogP contribution is -2.61. The standard InChI is InChI=1S/C89H102N12O15/c1-54(2)45-76(88(114)101-44-22-36-78(101)87(113)92-55(3)79(90)105)99-84(110)73(48-58-25-10-6-11-26-58)95-80(106)70(35-20-21-43-91-89(115)116-53-69-67-33-18-16-31-65(67)66-32-17-19-34-68(66)69)94-82(108)75(50-60-38-41-64(104)42-39-60)98-86(112)77(52-102)100-85(111)74(49-59-27-12-7-13-28-59)97-83(109)72(47-57-23-8-5-9-24-57)96-81(107)71(93-56(4)103)51-61-37-40-62-29-14-15-30-63(62)46-61/h5-19,23-34,37-42,46,54-55,69-78,102,104H,20-22,35-36,43-45,47-53H2,1-4H3,(H2,90,105)(H,91,115)(H,92,113)(H,93,103)(H,94,108)(H,95,106)(H,96,107)(H,97,109)(H,98,112)(H,99,110)(H,100,111)/t55-,70-,71-,72-,73-,74-,75-,76-,77-,78+/m0/s1. The second-order valence-corrected chi connectivity index (χ2v) is 29.9. The Morgan fingerprint density at radius 1 is 0.457 bits per heavy atom. The summed E-state index contributed by atoms with van der Waals surface area (Å²) in [5, 5.41) is 50.8. The molecule has 0 bridgehead atoms. The van der Waals surface area contributed by atoms with Crippen LogP contribution in [0.3, 0.4) is 0 Å². The molecule has 1 aliphatic heterocycles. The van der Waals surface area contributed by atoms with E-state index >= 15 is 14.4 Å². The van der Waals surface area contributed by atoms with Crippen LogP contribution in [0.25, 0.3) is 21.9 Å². The van der Waals surface area contributed by atoms with Crippen LogP contribution in [0.1, 0.15) is 111 Å². The predicted octanol–water partition coefficient (Wildman–Crippen LogP) is 5.69. The average Bonchev–Trinajstić information content (AvgIpc) is 1.61. The van der Waals surface area contributed by atoms with Crippen molar-refractivity contribution in [1.82, 2.24) is 58.1 Å². The monoisotopic (exact) mass is 1580 g/mol. The topological polar surface area (TPSA) is 404 Å². The molecule has 27 nitrogen and oxygen atoms in total. The van der Waals surface area contributed by atoms with Crippen molar-refractivity contribution in [2.45, 2.75) is 165 Å². The maximum absolute atomic E-state index is 15.3. The summed E-state index contributed by atoms with van der Waals surface area (Å²) in [6.07, 6.45) is -0.309. The lowest BCUT2D eigenvalue weighted by molar-refractivity contribution is -0.142. The van der Waals surface area contributed by atoms with Crippen molar-refractivity contribution in [3.63, 3.8) is 0 Å². The molecule has 1 fully saturated rings. The Morgan fingerprint density at radius 3 is 1.36 bits per heavy atom. The van der Waals surface area contributed by atoms with Gasteiger partial charge in [-0.25, -0.2) is 4.79 Å². The first kappa shape index (κ1) is 85.6. The molecule has 2 aliphatic rings. The van der Waals surface area contributed by atoms with Gasteiger partial charge in [-0.15, -0.1) is 0 Å². The fourth-order valence-corrected chi connectivity index (χ4v) is 14.6. The molecule has 116 heavy (non-hydrogen) atoms. The molecule has 0 aromatic heterocycles. The highest BCUT2D eigenvalue weighted by atomic mass is 16.5. The number of benzene rings is 8. The Bertz CT molecular complexity index is 4720. The third-order valence-electron chi connectivity index (χ3n) is 20.6. The minimum absolute atomic E-state index is 0.0450. The quantitative estimate of drug-likeness (QED) is 0.0206. The minimum atomic E-state index is -1.83. The summed E-state index contributed by atoms with van der Waals surface area (Å²) in [5.41, 5.74) is 12.5. The number of likely N-dealkylation sites (tertiary alicyclic amines) is 1. The van der Waals surface area contributed by atoms with E-state index in [0.717, 1.165) is 38.6 Å². The van der Waals surface area contributed by atoms with Gasteiger partial charge in [0.1, 0.15) is 72.8 Å². The molecule has 0 spiro atoms. The average molecular weight is 1580 g/mol. The van der Waals surface area contributed by atoms with E-state index in [9.17, 15) is 53.4 Å². The molecule has 10 rings (SSSR count). The van der Waals surface area contributed by atoms with Crippen molar-refractivity contribution in [3.05, 3.63) is 245 Å². The van der Waals surface area contributed by atoms with Crippen molar-refractivity contribution in [1.29, 1.82) is 0 Å². The zero-order valence-electron chi connectivity index (χ0n) is 65.4. The number of phenols is 1. The number of carbonyl (C=O) groups excluding carboxylic acids is 12. The van der Waals surface area contributed by atoms with Crippen LogP contribution in [0.2, 0.25) is 0 Å². The molecular weight excluding hydrogens is 1480 g/mol. The number of aromatic hydroxyl groups is 1. The van der Waals surface area contributed by atoms with E-state index in [2.05, 4.69) is 53.2 Å². The van der Waals surface area contributed by atoms with Gasteiger partial charge in [0.15, 0.2) is 0 Å². The number of hydrogen-bond acceptors (Lipinski definition) is 15. The summed E-state index contributed by atoms with van der Waals surface area (Å²) in [5.74, 6) is -9.20. The number of rotatable bonds is 39.